The first-order valence-electron chi connectivity index (χ1n) is 6.82. The van der Waals surface area contributed by atoms with Crippen LogP contribution in [0.2, 0.25) is 0 Å². The minimum absolute atomic E-state index is 0.104. The molecule has 1 aliphatic rings. The lowest BCUT2D eigenvalue weighted by molar-refractivity contribution is -0.135. The predicted octanol–water partition coefficient (Wildman–Crippen LogP) is 0.930. The van der Waals surface area contributed by atoms with E-state index in [1.54, 1.807) is 6.92 Å². The molecule has 0 aromatic heterocycles. The minimum atomic E-state index is -0.415. The molecule has 1 heterocycles. The van der Waals surface area contributed by atoms with Crippen molar-refractivity contribution in [2.45, 2.75) is 45.6 Å². The Morgan fingerprint density at radius 3 is 2.94 bits per heavy atom. The summed E-state index contributed by atoms with van der Waals surface area (Å²) in [6.45, 7) is 6.27. The number of piperidine rings is 1. The molecule has 0 spiro atoms. The third-order valence-electron chi connectivity index (χ3n) is 3.04. The molecule has 1 saturated heterocycles. The summed E-state index contributed by atoms with van der Waals surface area (Å²) in [5.41, 5.74) is 0. The predicted molar refractivity (Wildman–Crippen MR) is 69.1 cm³/mol. The van der Waals surface area contributed by atoms with Gasteiger partial charge in [-0.25, -0.2) is 0 Å². The summed E-state index contributed by atoms with van der Waals surface area (Å²) in [6, 6.07) is 0. The van der Waals surface area contributed by atoms with Crippen LogP contribution in [-0.2, 0) is 14.3 Å². The summed E-state index contributed by atoms with van der Waals surface area (Å²) in [5.74, 6) is 0.0960. The molecule has 1 fully saturated rings. The van der Waals surface area contributed by atoms with Gasteiger partial charge in [0.1, 0.15) is 6.10 Å². The third kappa shape index (κ3) is 5.04. The van der Waals surface area contributed by atoms with Gasteiger partial charge in [0.2, 0.25) is 11.8 Å². The Morgan fingerprint density at radius 1 is 1.50 bits per heavy atom. The van der Waals surface area contributed by atoms with Gasteiger partial charge in [-0.15, -0.1) is 0 Å². The number of nitrogens with one attached hydrogen (secondary N) is 1. The Labute approximate surface area is 109 Å². The fraction of sp³-hybridized carbons (Fsp3) is 0.846. The lowest BCUT2D eigenvalue weighted by Gasteiger charge is -2.26. The highest BCUT2D eigenvalue weighted by Crippen LogP contribution is 2.09. The number of nitrogens with zero attached hydrogens (tertiary/aromatic N) is 1. The SMILES string of the molecule is CCCO[C@H](C)C(=O)NCCN1CCCCC1=O. The number of carbonyl (C=O) groups excluding carboxylic acids is 2. The van der Waals surface area contributed by atoms with Crippen LogP contribution in [-0.4, -0.2) is 49.1 Å². The summed E-state index contributed by atoms with van der Waals surface area (Å²) in [6.07, 6.45) is 3.19. The fourth-order valence-electron chi connectivity index (χ4n) is 1.93. The number of hydrogen-bond donors (Lipinski definition) is 1. The Morgan fingerprint density at radius 2 is 2.28 bits per heavy atom. The van der Waals surface area contributed by atoms with E-state index in [2.05, 4.69) is 5.32 Å². The fourth-order valence-corrected chi connectivity index (χ4v) is 1.93. The Hall–Kier alpha value is -1.10. The van der Waals surface area contributed by atoms with Crippen molar-refractivity contribution in [1.29, 1.82) is 0 Å². The number of amides is 2. The van der Waals surface area contributed by atoms with Crippen LogP contribution in [0.5, 0.6) is 0 Å². The summed E-state index contributed by atoms with van der Waals surface area (Å²) >= 11 is 0. The smallest absolute Gasteiger partial charge is 0.248 e. The number of likely N-dealkylation sites (tertiary alicyclic amines) is 1. The van der Waals surface area contributed by atoms with Gasteiger partial charge < -0.3 is 15.0 Å². The van der Waals surface area contributed by atoms with E-state index < -0.39 is 6.10 Å². The van der Waals surface area contributed by atoms with E-state index in [0.29, 0.717) is 26.1 Å². The second kappa shape index (κ2) is 8.08. The Balaban J connectivity index is 2.16. The molecular formula is C13H24N2O3. The largest absolute Gasteiger partial charge is 0.369 e. The van der Waals surface area contributed by atoms with Crippen molar-refractivity contribution in [1.82, 2.24) is 10.2 Å². The molecule has 1 N–H and O–H groups in total. The standard InChI is InChI=1S/C13H24N2O3/c1-3-10-18-11(2)13(17)14-7-9-15-8-5-4-6-12(15)16/h11H,3-10H2,1-2H3,(H,14,17)/t11-/m1/s1. The molecular weight excluding hydrogens is 232 g/mol. The highest BCUT2D eigenvalue weighted by Gasteiger charge is 2.18. The molecule has 1 rings (SSSR count). The van der Waals surface area contributed by atoms with Crippen molar-refractivity contribution in [2.75, 3.05) is 26.2 Å². The van der Waals surface area contributed by atoms with Gasteiger partial charge in [-0.2, -0.15) is 0 Å². The number of ether oxygens (including phenoxy) is 1. The second-order valence-electron chi connectivity index (χ2n) is 4.64. The first-order chi connectivity index (χ1) is 8.65. The zero-order valence-electron chi connectivity index (χ0n) is 11.4. The highest BCUT2D eigenvalue weighted by atomic mass is 16.5. The first-order valence-corrected chi connectivity index (χ1v) is 6.82. The van der Waals surface area contributed by atoms with Crippen LogP contribution >= 0.6 is 0 Å². The zero-order chi connectivity index (χ0) is 13.4. The molecule has 0 aromatic rings. The van der Waals surface area contributed by atoms with E-state index in [0.717, 1.165) is 25.8 Å². The number of hydrogen-bond acceptors (Lipinski definition) is 3. The van der Waals surface area contributed by atoms with Gasteiger partial charge in [0, 0.05) is 32.7 Å². The van der Waals surface area contributed by atoms with Crippen LogP contribution in [0.15, 0.2) is 0 Å². The lowest BCUT2D eigenvalue weighted by atomic mass is 10.1. The maximum atomic E-state index is 11.6. The van der Waals surface area contributed by atoms with Crippen LogP contribution in [0.1, 0.15) is 39.5 Å². The molecule has 1 atom stereocenters. The normalized spacial score (nSPS) is 17.7. The van der Waals surface area contributed by atoms with E-state index in [-0.39, 0.29) is 11.8 Å². The lowest BCUT2D eigenvalue weighted by Crippen LogP contribution is -2.43. The maximum absolute atomic E-state index is 11.6. The van der Waals surface area contributed by atoms with Crippen molar-refractivity contribution >= 4 is 11.8 Å². The first kappa shape index (κ1) is 15.0. The molecule has 18 heavy (non-hydrogen) atoms. The number of rotatable bonds is 7. The molecule has 0 bridgehead atoms. The van der Waals surface area contributed by atoms with Crippen molar-refractivity contribution < 1.29 is 14.3 Å². The van der Waals surface area contributed by atoms with Crippen molar-refractivity contribution in [2.24, 2.45) is 0 Å². The molecule has 2 amide bonds. The van der Waals surface area contributed by atoms with E-state index in [4.69, 9.17) is 4.74 Å². The third-order valence-corrected chi connectivity index (χ3v) is 3.04. The molecule has 0 aliphatic carbocycles. The average Bonchev–Trinajstić information content (AvgIpc) is 2.38. The van der Waals surface area contributed by atoms with E-state index in [1.165, 1.54) is 0 Å². The summed E-state index contributed by atoms with van der Waals surface area (Å²) < 4.78 is 5.32. The molecule has 0 aromatic carbocycles. The van der Waals surface area contributed by atoms with Crippen molar-refractivity contribution in [3.63, 3.8) is 0 Å². The van der Waals surface area contributed by atoms with Gasteiger partial charge in [-0.05, 0) is 26.2 Å². The maximum Gasteiger partial charge on any atom is 0.248 e. The average molecular weight is 256 g/mol. The van der Waals surface area contributed by atoms with Gasteiger partial charge >= 0.3 is 0 Å². The molecule has 5 nitrogen and oxygen atoms in total. The monoisotopic (exact) mass is 256 g/mol. The van der Waals surface area contributed by atoms with Gasteiger partial charge in [-0.3, -0.25) is 9.59 Å². The molecule has 104 valence electrons. The zero-order valence-corrected chi connectivity index (χ0v) is 11.4. The van der Waals surface area contributed by atoms with Crippen molar-refractivity contribution in [3.8, 4) is 0 Å². The molecule has 5 heteroatoms. The van der Waals surface area contributed by atoms with Crippen molar-refractivity contribution in [3.05, 3.63) is 0 Å². The van der Waals surface area contributed by atoms with Crippen LogP contribution in [0.4, 0.5) is 0 Å². The van der Waals surface area contributed by atoms with E-state index in [9.17, 15) is 9.59 Å². The topological polar surface area (TPSA) is 58.6 Å². The quantitative estimate of drug-likeness (QED) is 0.737. The minimum Gasteiger partial charge on any atom is -0.369 e. The van der Waals surface area contributed by atoms with Gasteiger partial charge in [0.25, 0.3) is 0 Å². The van der Waals surface area contributed by atoms with Crippen LogP contribution < -0.4 is 5.32 Å². The summed E-state index contributed by atoms with van der Waals surface area (Å²) in [7, 11) is 0. The van der Waals surface area contributed by atoms with Crippen LogP contribution in [0, 0.1) is 0 Å². The summed E-state index contributed by atoms with van der Waals surface area (Å²) in [4.78, 5) is 25.0. The van der Waals surface area contributed by atoms with E-state index in [1.807, 2.05) is 11.8 Å². The van der Waals surface area contributed by atoms with Gasteiger partial charge in [0.15, 0.2) is 0 Å². The summed E-state index contributed by atoms with van der Waals surface area (Å²) in [5, 5.41) is 2.80. The molecule has 0 saturated carbocycles. The molecule has 0 unspecified atom stereocenters. The van der Waals surface area contributed by atoms with Gasteiger partial charge in [0.05, 0.1) is 0 Å². The van der Waals surface area contributed by atoms with Gasteiger partial charge in [-0.1, -0.05) is 6.92 Å². The second-order valence-corrected chi connectivity index (χ2v) is 4.64. The highest BCUT2D eigenvalue weighted by molar-refractivity contribution is 5.80. The Bertz CT molecular complexity index is 281. The van der Waals surface area contributed by atoms with Crippen LogP contribution in [0.3, 0.4) is 0 Å². The molecule has 1 aliphatic heterocycles. The number of carbonyl (C=O) groups is 2. The Kier molecular flexibility index (Phi) is 6.72. The molecule has 0 radical (unpaired) electrons. The van der Waals surface area contributed by atoms with Crippen LogP contribution in [0.25, 0.3) is 0 Å². The van der Waals surface area contributed by atoms with E-state index >= 15 is 0 Å².